The molecule has 0 aliphatic rings. The predicted octanol–water partition coefficient (Wildman–Crippen LogP) is 0.740. The number of imidazole rings is 1. The summed E-state index contributed by atoms with van der Waals surface area (Å²) in [5.74, 6) is 0. The molecule has 0 aliphatic carbocycles. The van der Waals surface area contributed by atoms with Crippen molar-refractivity contribution in [3.05, 3.63) is 18.2 Å². The summed E-state index contributed by atoms with van der Waals surface area (Å²) in [4.78, 5) is 4.11. The average molecular weight is 227 g/mol. The molecule has 0 bridgehead atoms. The van der Waals surface area contributed by atoms with Gasteiger partial charge in [-0.1, -0.05) is 0 Å². The first-order valence-corrected chi connectivity index (χ1v) is 5.42. The van der Waals surface area contributed by atoms with Gasteiger partial charge in [0.1, 0.15) is 0 Å². The van der Waals surface area contributed by atoms with Crippen molar-refractivity contribution in [2.45, 2.75) is 25.9 Å². The van der Waals surface area contributed by atoms with Crippen molar-refractivity contribution in [3.63, 3.8) is 0 Å². The van der Waals surface area contributed by atoms with Gasteiger partial charge >= 0.3 is 0 Å². The smallest absolute Gasteiger partial charge is 0.0949 e. The van der Waals surface area contributed by atoms with Crippen LogP contribution in [0, 0.1) is 0 Å². The Labute approximate surface area is 96.6 Å². The number of hydrogen-bond acceptors (Lipinski definition) is 4. The lowest BCUT2D eigenvalue weighted by molar-refractivity contribution is 0.0661. The number of nitrogens with zero attached hydrogens (tertiary/aromatic N) is 2. The molecule has 0 fully saturated rings. The fraction of sp³-hybridized carbons (Fsp3) is 0.727. The summed E-state index contributed by atoms with van der Waals surface area (Å²) in [6.07, 6.45) is 3.58. The molecule has 0 aliphatic heterocycles. The van der Waals surface area contributed by atoms with Gasteiger partial charge in [-0.3, -0.25) is 0 Å². The van der Waals surface area contributed by atoms with Crippen molar-refractivity contribution in [1.29, 1.82) is 0 Å². The minimum atomic E-state index is -0.372. The molecule has 5 heteroatoms. The largest absolute Gasteiger partial charge is 0.382 e. The van der Waals surface area contributed by atoms with Gasteiger partial charge in [0.15, 0.2) is 0 Å². The number of aromatic nitrogens is 2. The second-order valence-corrected chi connectivity index (χ2v) is 4.30. The Hall–Kier alpha value is -0.910. The molecule has 0 radical (unpaired) electrons. The highest BCUT2D eigenvalue weighted by atomic mass is 16.5. The monoisotopic (exact) mass is 227 g/mol. The minimum Gasteiger partial charge on any atom is -0.382 e. The van der Waals surface area contributed by atoms with E-state index in [0.29, 0.717) is 19.8 Å². The molecular formula is C11H21N3O2. The molecule has 1 heterocycles. The van der Waals surface area contributed by atoms with E-state index in [1.54, 1.807) is 19.6 Å². The third-order valence-electron chi connectivity index (χ3n) is 2.28. The molecule has 0 unspecified atom stereocenters. The van der Waals surface area contributed by atoms with Crippen molar-refractivity contribution in [3.8, 4) is 0 Å². The predicted molar refractivity (Wildman–Crippen MR) is 62.1 cm³/mol. The Kier molecular flexibility index (Phi) is 4.92. The summed E-state index contributed by atoms with van der Waals surface area (Å²) in [5.41, 5.74) is 6.68. The van der Waals surface area contributed by atoms with E-state index in [1.165, 1.54) is 0 Å². The van der Waals surface area contributed by atoms with Crippen molar-refractivity contribution in [2.75, 3.05) is 26.9 Å². The average Bonchev–Trinajstić information content (AvgIpc) is 2.65. The van der Waals surface area contributed by atoms with Gasteiger partial charge in [-0.2, -0.15) is 0 Å². The lowest BCUT2D eigenvalue weighted by atomic mass is 10.0. The topological polar surface area (TPSA) is 62.3 Å². The van der Waals surface area contributed by atoms with Crippen LogP contribution in [0.5, 0.6) is 0 Å². The van der Waals surface area contributed by atoms with E-state index >= 15 is 0 Å². The van der Waals surface area contributed by atoms with Crippen LogP contribution in [0.3, 0.4) is 0 Å². The lowest BCUT2D eigenvalue weighted by Gasteiger charge is -2.20. The Balaban J connectivity index is 2.40. The molecule has 92 valence electrons. The van der Waals surface area contributed by atoms with E-state index < -0.39 is 0 Å². The molecule has 0 saturated heterocycles. The van der Waals surface area contributed by atoms with Gasteiger partial charge in [0.2, 0.25) is 0 Å². The number of rotatable bonds is 7. The number of ether oxygens (including phenoxy) is 2. The van der Waals surface area contributed by atoms with Crippen LogP contribution in [0.15, 0.2) is 12.5 Å². The number of nitrogens with two attached hydrogens (primary N) is 1. The van der Waals surface area contributed by atoms with Gasteiger partial charge in [-0.25, -0.2) is 4.98 Å². The molecule has 0 atom stereocenters. The second kappa shape index (κ2) is 5.98. The van der Waals surface area contributed by atoms with Crippen molar-refractivity contribution >= 4 is 0 Å². The first-order valence-electron chi connectivity index (χ1n) is 5.42. The number of hydrogen-bond donors (Lipinski definition) is 1. The molecule has 1 aromatic rings. The molecule has 2 N–H and O–H groups in total. The highest BCUT2D eigenvalue weighted by molar-refractivity contribution is 5.09. The summed E-state index contributed by atoms with van der Waals surface area (Å²) in [6, 6.07) is 0. The van der Waals surface area contributed by atoms with E-state index in [9.17, 15) is 0 Å². The van der Waals surface area contributed by atoms with Crippen LogP contribution in [0.25, 0.3) is 0 Å². The number of methoxy groups -OCH3 is 1. The first kappa shape index (κ1) is 13.2. The van der Waals surface area contributed by atoms with Gasteiger partial charge < -0.3 is 19.8 Å². The third-order valence-corrected chi connectivity index (χ3v) is 2.28. The van der Waals surface area contributed by atoms with Gasteiger partial charge in [-0.15, -0.1) is 0 Å². The van der Waals surface area contributed by atoms with Crippen molar-refractivity contribution in [2.24, 2.45) is 5.73 Å². The van der Waals surface area contributed by atoms with E-state index in [2.05, 4.69) is 4.98 Å². The lowest BCUT2D eigenvalue weighted by Crippen LogP contribution is -2.32. The maximum absolute atomic E-state index is 6.03. The van der Waals surface area contributed by atoms with Crippen molar-refractivity contribution < 1.29 is 9.47 Å². The van der Waals surface area contributed by atoms with Crippen LogP contribution in [0.1, 0.15) is 19.5 Å². The molecule has 0 spiro atoms. The second-order valence-electron chi connectivity index (χ2n) is 4.30. The summed E-state index contributed by atoms with van der Waals surface area (Å²) in [7, 11) is 1.66. The van der Waals surface area contributed by atoms with Crippen LogP contribution < -0.4 is 5.73 Å². The molecule has 1 aromatic heterocycles. The van der Waals surface area contributed by atoms with Gasteiger partial charge in [0, 0.05) is 19.9 Å². The fourth-order valence-corrected chi connectivity index (χ4v) is 1.44. The van der Waals surface area contributed by atoms with Gasteiger partial charge in [-0.05, 0) is 13.8 Å². The Morgan fingerprint density at radius 2 is 2.12 bits per heavy atom. The zero-order chi connectivity index (χ0) is 12.0. The molecule has 0 aromatic carbocycles. The van der Waals surface area contributed by atoms with Crippen LogP contribution >= 0.6 is 0 Å². The molecule has 16 heavy (non-hydrogen) atoms. The summed E-state index contributed by atoms with van der Waals surface area (Å²) < 4.78 is 12.3. The molecule has 5 nitrogen and oxygen atoms in total. The quantitative estimate of drug-likeness (QED) is 0.698. The van der Waals surface area contributed by atoms with Crippen LogP contribution in [-0.2, 0) is 21.6 Å². The highest BCUT2D eigenvalue weighted by Gasteiger charge is 2.18. The van der Waals surface area contributed by atoms with E-state index in [4.69, 9.17) is 15.2 Å². The van der Waals surface area contributed by atoms with E-state index in [-0.39, 0.29) is 5.54 Å². The Morgan fingerprint density at radius 3 is 2.75 bits per heavy atom. The molecule has 0 saturated carbocycles. The van der Waals surface area contributed by atoms with Crippen LogP contribution in [0.2, 0.25) is 0 Å². The minimum absolute atomic E-state index is 0.372. The van der Waals surface area contributed by atoms with Crippen LogP contribution in [-0.4, -0.2) is 36.5 Å². The summed E-state index contributed by atoms with van der Waals surface area (Å²) in [6.45, 7) is 6.58. The maximum Gasteiger partial charge on any atom is 0.0949 e. The van der Waals surface area contributed by atoms with Crippen LogP contribution in [0.4, 0.5) is 0 Å². The Bertz CT molecular complexity index is 304. The van der Waals surface area contributed by atoms with E-state index in [1.807, 2.05) is 18.4 Å². The SMILES string of the molecule is COCCOCCn1cncc1C(C)(C)N. The molecule has 1 rings (SSSR count). The highest BCUT2D eigenvalue weighted by Crippen LogP contribution is 2.15. The normalized spacial score (nSPS) is 12.0. The maximum atomic E-state index is 6.03. The standard InChI is InChI=1S/C11H21N3O2/c1-11(2,12)10-8-13-9-14(10)4-5-16-7-6-15-3/h8-9H,4-7,12H2,1-3H3. The van der Waals surface area contributed by atoms with Gasteiger partial charge in [0.05, 0.1) is 37.4 Å². The fourth-order valence-electron chi connectivity index (χ4n) is 1.44. The first-order chi connectivity index (χ1) is 7.55. The third kappa shape index (κ3) is 3.92. The molecular weight excluding hydrogens is 206 g/mol. The summed E-state index contributed by atoms with van der Waals surface area (Å²) in [5, 5.41) is 0. The zero-order valence-electron chi connectivity index (χ0n) is 10.3. The Morgan fingerprint density at radius 1 is 1.38 bits per heavy atom. The van der Waals surface area contributed by atoms with Crippen molar-refractivity contribution in [1.82, 2.24) is 9.55 Å². The van der Waals surface area contributed by atoms with E-state index in [0.717, 1.165) is 12.2 Å². The summed E-state index contributed by atoms with van der Waals surface area (Å²) >= 11 is 0. The zero-order valence-corrected chi connectivity index (χ0v) is 10.3. The van der Waals surface area contributed by atoms with Gasteiger partial charge in [0.25, 0.3) is 0 Å². The molecule has 0 amide bonds.